The summed E-state index contributed by atoms with van der Waals surface area (Å²) in [6.45, 7) is 7.26. The molecule has 5 heteroatoms. The number of benzene rings is 1. The topological polar surface area (TPSA) is 72.5 Å². The van der Waals surface area contributed by atoms with Crippen molar-refractivity contribution in [2.45, 2.75) is 33.7 Å². The van der Waals surface area contributed by atoms with Crippen molar-refractivity contribution in [2.75, 3.05) is 7.11 Å². The molecule has 0 aliphatic carbocycles. The fourth-order valence-electron chi connectivity index (χ4n) is 2.19. The van der Waals surface area contributed by atoms with Gasteiger partial charge in [0, 0.05) is 6.04 Å². The van der Waals surface area contributed by atoms with Gasteiger partial charge in [-0.3, -0.25) is 4.79 Å². The third-order valence-electron chi connectivity index (χ3n) is 3.38. The fourth-order valence-corrected chi connectivity index (χ4v) is 2.19. The van der Waals surface area contributed by atoms with E-state index in [0.29, 0.717) is 0 Å². The molecule has 0 aromatic heterocycles. The number of rotatable bonds is 3. The number of halogens is 1. The molecule has 19 heavy (non-hydrogen) atoms. The summed E-state index contributed by atoms with van der Waals surface area (Å²) < 4.78 is 4.79. The molecule has 0 spiro atoms. The maximum absolute atomic E-state index is 11.8. The number of phenols is 1. The normalized spacial score (nSPS) is 12.5. The molecule has 1 aromatic rings. The highest BCUT2D eigenvalue weighted by Crippen LogP contribution is 2.36. The molecule has 0 heterocycles. The Balaban J connectivity index is 0.00000324. The molecular weight excluding hydrogens is 266 g/mol. The Kier molecular flexibility index (Phi) is 5.84. The van der Waals surface area contributed by atoms with Crippen LogP contribution < -0.4 is 5.73 Å². The number of hydrogen-bond acceptors (Lipinski definition) is 4. The van der Waals surface area contributed by atoms with E-state index in [1.54, 1.807) is 26.0 Å². The van der Waals surface area contributed by atoms with Crippen LogP contribution in [-0.4, -0.2) is 18.2 Å². The molecule has 0 saturated carbocycles. The molecule has 0 aliphatic heterocycles. The van der Waals surface area contributed by atoms with Crippen molar-refractivity contribution in [3.63, 3.8) is 0 Å². The van der Waals surface area contributed by atoms with E-state index < -0.39 is 11.5 Å². The molecular formula is C14H22ClNO3. The van der Waals surface area contributed by atoms with Crippen LogP contribution >= 0.6 is 12.4 Å². The van der Waals surface area contributed by atoms with Crippen molar-refractivity contribution in [2.24, 2.45) is 11.1 Å². The zero-order chi connectivity index (χ0) is 14.1. The van der Waals surface area contributed by atoms with Crippen molar-refractivity contribution in [1.82, 2.24) is 0 Å². The first kappa shape index (κ1) is 17.7. The van der Waals surface area contributed by atoms with Crippen LogP contribution in [0.15, 0.2) is 12.1 Å². The standard InChI is InChI=1S/C14H21NO3.ClH/c1-8-6-10(16)7-9(2)11(8)12(15)14(3,4)13(17)18-5;/h6-7,12,16H,15H2,1-5H3;1H/t12-;/m0./s1. The van der Waals surface area contributed by atoms with Gasteiger partial charge in [-0.25, -0.2) is 0 Å². The molecule has 0 amide bonds. The summed E-state index contributed by atoms with van der Waals surface area (Å²) >= 11 is 0. The summed E-state index contributed by atoms with van der Waals surface area (Å²) in [5.74, 6) is -0.140. The third-order valence-corrected chi connectivity index (χ3v) is 3.38. The number of hydrogen-bond donors (Lipinski definition) is 2. The van der Waals surface area contributed by atoms with Gasteiger partial charge in [0.1, 0.15) is 5.75 Å². The van der Waals surface area contributed by atoms with Gasteiger partial charge >= 0.3 is 5.97 Å². The van der Waals surface area contributed by atoms with Gasteiger partial charge in [0.15, 0.2) is 0 Å². The number of phenolic OH excluding ortho intramolecular Hbond substituents is 1. The van der Waals surface area contributed by atoms with Crippen LogP contribution in [0.1, 0.15) is 36.6 Å². The molecule has 0 bridgehead atoms. The first-order chi connectivity index (χ1) is 8.21. The van der Waals surface area contributed by atoms with Gasteiger partial charge in [0.25, 0.3) is 0 Å². The number of carbonyl (C=O) groups excluding carboxylic acids is 1. The molecule has 1 atom stereocenters. The van der Waals surface area contributed by atoms with E-state index in [9.17, 15) is 9.90 Å². The fraction of sp³-hybridized carbons (Fsp3) is 0.500. The summed E-state index contributed by atoms with van der Waals surface area (Å²) in [6, 6.07) is 2.82. The maximum Gasteiger partial charge on any atom is 0.313 e. The molecule has 1 rings (SSSR count). The minimum Gasteiger partial charge on any atom is -0.508 e. The van der Waals surface area contributed by atoms with E-state index in [1.165, 1.54) is 7.11 Å². The lowest BCUT2D eigenvalue weighted by molar-refractivity contribution is -0.152. The minimum absolute atomic E-state index is 0. The molecule has 1 aromatic carbocycles. The van der Waals surface area contributed by atoms with Gasteiger partial charge in [-0.2, -0.15) is 0 Å². The SMILES string of the molecule is COC(=O)C(C)(C)[C@@H](N)c1c(C)cc(O)cc1C.Cl. The Morgan fingerprint density at radius 1 is 1.32 bits per heavy atom. The van der Waals surface area contributed by atoms with Gasteiger partial charge in [0.05, 0.1) is 12.5 Å². The van der Waals surface area contributed by atoms with Crippen LogP contribution in [0.2, 0.25) is 0 Å². The first-order valence-electron chi connectivity index (χ1n) is 5.86. The smallest absolute Gasteiger partial charge is 0.313 e. The first-order valence-corrected chi connectivity index (χ1v) is 5.86. The molecule has 108 valence electrons. The Bertz CT molecular complexity index is 449. The van der Waals surface area contributed by atoms with Gasteiger partial charge in [0.2, 0.25) is 0 Å². The molecule has 3 N–H and O–H groups in total. The van der Waals surface area contributed by atoms with Crippen LogP contribution in [0, 0.1) is 19.3 Å². The van der Waals surface area contributed by atoms with Gasteiger partial charge < -0.3 is 15.6 Å². The largest absolute Gasteiger partial charge is 0.508 e. The summed E-state index contributed by atoms with van der Waals surface area (Å²) in [5.41, 5.74) is 8.02. The number of esters is 1. The van der Waals surface area contributed by atoms with E-state index in [1.807, 2.05) is 13.8 Å². The van der Waals surface area contributed by atoms with Crippen LogP contribution in [0.25, 0.3) is 0 Å². The Morgan fingerprint density at radius 3 is 2.11 bits per heavy atom. The molecule has 0 radical (unpaired) electrons. The lowest BCUT2D eigenvalue weighted by atomic mass is 9.78. The van der Waals surface area contributed by atoms with Crippen LogP contribution in [0.5, 0.6) is 5.75 Å². The second-order valence-corrected chi connectivity index (χ2v) is 5.18. The number of ether oxygens (including phenoxy) is 1. The van der Waals surface area contributed by atoms with Crippen molar-refractivity contribution >= 4 is 18.4 Å². The summed E-state index contributed by atoms with van der Waals surface area (Å²) in [4.78, 5) is 11.8. The molecule has 0 aliphatic rings. The van der Waals surface area contributed by atoms with E-state index in [0.717, 1.165) is 16.7 Å². The highest BCUT2D eigenvalue weighted by atomic mass is 35.5. The predicted molar refractivity (Wildman–Crippen MR) is 77.6 cm³/mol. The van der Waals surface area contributed by atoms with E-state index in [4.69, 9.17) is 10.5 Å². The predicted octanol–water partition coefficient (Wildman–Crippen LogP) is 2.63. The van der Waals surface area contributed by atoms with Crippen molar-refractivity contribution in [3.8, 4) is 5.75 Å². The van der Waals surface area contributed by atoms with E-state index in [2.05, 4.69) is 0 Å². The average Bonchev–Trinajstić information content (AvgIpc) is 2.26. The lowest BCUT2D eigenvalue weighted by Gasteiger charge is -2.31. The summed E-state index contributed by atoms with van der Waals surface area (Å²) in [7, 11) is 1.35. The second-order valence-electron chi connectivity index (χ2n) is 5.18. The minimum atomic E-state index is -0.818. The van der Waals surface area contributed by atoms with Crippen molar-refractivity contribution < 1.29 is 14.6 Å². The van der Waals surface area contributed by atoms with Gasteiger partial charge in [-0.1, -0.05) is 0 Å². The van der Waals surface area contributed by atoms with Crippen LogP contribution in [0.4, 0.5) is 0 Å². The zero-order valence-electron chi connectivity index (χ0n) is 12.0. The van der Waals surface area contributed by atoms with Crippen molar-refractivity contribution in [1.29, 1.82) is 0 Å². The quantitative estimate of drug-likeness (QED) is 0.838. The van der Waals surface area contributed by atoms with Gasteiger partial charge in [-0.05, 0) is 56.5 Å². The molecule has 0 unspecified atom stereocenters. The Hall–Kier alpha value is -1.26. The number of methoxy groups -OCH3 is 1. The average molecular weight is 288 g/mol. The third kappa shape index (κ3) is 3.39. The molecule has 0 saturated heterocycles. The molecule has 0 fully saturated rings. The molecule has 4 nitrogen and oxygen atoms in total. The van der Waals surface area contributed by atoms with Crippen LogP contribution in [-0.2, 0) is 9.53 Å². The lowest BCUT2D eigenvalue weighted by Crippen LogP contribution is -2.38. The number of aryl methyl sites for hydroxylation is 2. The summed E-state index contributed by atoms with van der Waals surface area (Å²) in [6.07, 6.45) is 0. The highest BCUT2D eigenvalue weighted by molar-refractivity contribution is 5.85. The number of aromatic hydroxyl groups is 1. The number of carbonyl (C=O) groups is 1. The Labute approximate surface area is 120 Å². The maximum atomic E-state index is 11.8. The van der Waals surface area contributed by atoms with Crippen LogP contribution in [0.3, 0.4) is 0 Å². The monoisotopic (exact) mass is 287 g/mol. The Morgan fingerprint density at radius 2 is 1.74 bits per heavy atom. The van der Waals surface area contributed by atoms with Crippen molar-refractivity contribution in [3.05, 3.63) is 28.8 Å². The van der Waals surface area contributed by atoms with E-state index in [-0.39, 0.29) is 24.1 Å². The number of nitrogens with two attached hydrogens (primary N) is 1. The zero-order valence-corrected chi connectivity index (χ0v) is 12.8. The van der Waals surface area contributed by atoms with Gasteiger partial charge in [-0.15, -0.1) is 12.4 Å². The highest BCUT2D eigenvalue weighted by Gasteiger charge is 2.37. The summed E-state index contributed by atoms with van der Waals surface area (Å²) in [5, 5.41) is 9.53. The van der Waals surface area contributed by atoms with E-state index >= 15 is 0 Å². The second kappa shape index (κ2) is 6.26.